The summed E-state index contributed by atoms with van der Waals surface area (Å²) in [5.41, 5.74) is 2.93. The lowest BCUT2D eigenvalue weighted by Gasteiger charge is -2.36. The highest BCUT2D eigenvalue weighted by molar-refractivity contribution is 6.33. The number of hydrogen-bond acceptors (Lipinski definition) is 4. The molecule has 0 bridgehead atoms. The van der Waals surface area contributed by atoms with Gasteiger partial charge in [0.05, 0.1) is 27.5 Å². The van der Waals surface area contributed by atoms with Gasteiger partial charge in [0, 0.05) is 49.7 Å². The molecule has 0 N–H and O–H groups in total. The number of benzene rings is 2. The molecule has 0 saturated carbocycles. The first kappa shape index (κ1) is 23.2. The van der Waals surface area contributed by atoms with E-state index in [2.05, 4.69) is 10.1 Å². The summed E-state index contributed by atoms with van der Waals surface area (Å²) in [5.74, 6) is -0.185. The minimum atomic E-state index is -4.39. The second-order valence-corrected chi connectivity index (χ2v) is 8.77. The summed E-state index contributed by atoms with van der Waals surface area (Å²) in [6.07, 6.45) is -2.85. The summed E-state index contributed by atoms with van der Waals surface area (Å²) in [6, 6.07) is 14.5. The van der Waals surface area contributed by atoms with Crippen LogP contribution in [0.1, 0.15) is 21.6 Å². The van der Waals surface area contributed by atoms with Gasteiger partial charge in [0.25, 0.3) is 5.91 Å². The Morgan fingerprint density at radius 3 is 2.46 bits per heavy atom. The summed E-state index contributed by atoms with van der Waals surface area (Å²) in [5, 5.41) is 5.18. The highest BCUT2D eigenvalue weighted by Crippen LogP contribution is 2.32. The van der Waals surface area contributed by atoms with Crippen LogP contribution < -0.4 is 4.90 Å². The Kier molecular flexibility index (Phi) is 5.88. The largest absolute Gasteiger partial charge is 0.416 e. The molecular formula is C25H21ClF3N5O. The monoisotopic (exact) mass is 499 g/mol. The minimum Gasteiger partial charge on any atom is -0.368 e. The van der Waals surface area contributed by atoms with Crippen molar-refractivity contribution >= 4 is 28.8 Å². The average molecular weight is 500 g/mol. The first-order chi connectivity index (χ1) is 16.7. The lowest BCUT2D eigenvalue weighted by atomic mass is 10.1. The molecule has 2 aromatic carbocycles. The Morgan fingerprint density at radius 1 is 1.00 bits per heavy atom. The Morgan fingerprint density at radius 2 is 1.74 bits per heavy atom. The van der Waals surface area contributed by atoms with Gasteiger partial charge in [-0.2, -0.15) is 18.3 Å². The van der Waals surface area contributed by atoms with E-state index in [1.807, 2.05) is 36.1 Å². The van der Waals surface area contributed by atoms with Crippen LogP contribution in [0.5, 0.6) is 0 Å². The molecule has 6 nitrogen and oxygen atoms in total. The van der Waals surface area contributed by atoms with Crippen molar-refractivity contribution in [2.75, 3.05) is 31.1 Å². The number of rotatable bonds is 3. The number of nitrogens with zero attached hydrogens (tertiary/aromatic N) is 5. The molecular weight excluding hydrogens is 479 g/mol. The molecule has 0 atom stereocenters. The Hall–Kier alpha value is -3.59. The SMILES string of the molecule is Cc1c(C(=O)N2CCN(c3cccc(C(F)(F)F)c3)CC2)cnc2cc(-c3ccccc3Cl)nn12. The Balaban J connectivity index is 1.34. The van der Waals surface area contributed by atoms with Gasteiger partial charge in [-0.15, -0.1) is 0 Å². The van der Waals surface area contributed by atoms with Crippen LogP contribution >= 0.6 is 11.6 Å². The van der Waals surface area contributed by atoms with E-state index in [1.54, 1.807) is 27.7 Å². The molecule has 1 aliphatic rings. The van der Waals surface area contributed by atoms with Gasteiger partial charge in [0.15, 0.2) is 5.65 Å². The van der Waals surface area contributed by atoms with Crippen LogP contribution in [-0.4, -0.2) is 51.6 Å². The summed E-state index contributed by atoms with van der Waals surface area (Å²) in [6.45, 7) is 3.44. The maximum Gasteiger partial charge on any atom is 0.416 e. The van der Waals surface area contributed by atoms with E-state index in [4.69, 9.17) is 11.6 Å². The molecule has 1 saturated heterocycles. The predicted molar refractivity (Wildman–Crippen MR) is 128 cm³/mol. The summed E-state index contributed by atoms with van der Waals surface area (Å²) in [4.78, 5) is 21.3. The zero-order chi connectivity index (χ0) is 24.7. The summed E-state index contributed by atoms with van der Waals surface area (Å²) in [7, 11) is 0. The smallest absolute Gasteiger partial charge is 0.368 e. The molecule has 0 unspecified atom stereocenters. The second kappa shape index (κ2) is 8.88. The van der Waals surface area contributed by atoms with Crippen molar-refractivity contribution in [2.45, 2.75) is 13.1 Å². The molecule has 0 spiro atoms. The fourth-order valence-electron chi connectivity index (χ4n) is 4.28. The molecule has 5 rings (SSSR count). The third-order valence-electron chi connectivity index (χ3n) is 6.21. The van der Waals surface area contributed by atoms with Crippen LogP contribution in [-0.2, 0) is 6.18 Å². The third kappa shape index (κ3) is 4.43. The van der Waals surface area contributed by atoms with E-state index >= 15 is 0 Å². The van der Waals surface area contributed by atoms with E-state index in [0.717, 1.165) is 17.7 Å². The van der Waals surface area contributed by atoms with Crippen LogP contribution in [0.15, 0.2) is 60.8 Å². The second-order valence-electron chi connectivity index (χ2n) is 8.36. The number of fused-ring (bicyclic) bond motifs is 1. The van der Waals surface area contributed by atoms with Gasteiger partial charge >= 0.3 is 6.18 Å². The Bertz CT molecular complexity index is 1410. The Labute approximate surface area is 204 Å². The molecule has 1 amide bonds. The van der Waals surface area contributed by atoms with Gasteiger partial charge in [-0.1, -0.05) is 35.9 Å². The molecule has 10 heteroatoms. The van der Waals surface area contributed by atoms with Gasteiger partial charge in [-0.25, -0.2) is 9.50 Å². The number of hydrogen-bond donors (Lipinski definition) is 0. The van der Waals surface area contributed by atoms with Crippen molar-refractivity contribution < 1.29 is 18.0 Å². The molecule has 4 aromatic rings. The first-order valence-corrected chi connectivity index (χ1v) is 11.4. The van der Waals surface area contributed by atoms with E-state index in [0.29, 0.717) is 59.5 Å². The van der Waals surface area contributed by atoms with Crippen molar-refractivity contribution in [3.63, 3.8) is 0 Å². The van der Waals surface area contributed by atoms with Crippen LogP contribution in [0.3, 0.4) is 0 Å². The van der Waals surface area contributed by atoms with Crippen LogP contribution in [0.25, 0.3) is 16.9 Å². The summed E-state index contributed by atoms with van der Waals surface area (Å²) < 4.78 is 40.8. The van der Waals surface area contributed by atoms with Crippen molar-refractivity contribution in [1.29, 1.82) is 0 Å². The quantitative estimate of drug-likeness (QED) is 0.382. The zero-order valence-electron chi connectivity index (χ0n) is 18.8. The first-order valence-electron chi connectivity index (χ1n) is 11.0. The molecule has 0 radical (unpaired) electrons. The normalized spacial score (nSPS) is 14.5. The van der Waals surface area contributed by atoms with E-state index in [9.17, 15) is 18.0 Å². The van der Waals surface area contributed by atoms with Gasteiger partial charge in [-0.05, 0) is 31.2 Å². The third-order valence-corrected chi connectivity index (χ3v) is 6.54. The van der Waals surface area contributed by atoms with Crippen LogP contribution in [0.4, 0.5) is 18.9 Å². The standard InChI is InChI=1S/C25H21ClF3N5O/c1-16-20(15-30-23-14-22(31-34(16)23)19-7-2-3-8-21(19)26)24(35)33-11-9-32(10-12-33)18-6-4-5-17(13-18)25(27,28)29/h2-8,13-15H,9-12H2,1H3. The highest BCUT2D eigenvalue weighted by Gasteiger charge is 2.31. The number of halogens is 4. The maximum absolute atomic E-state index is 13.3. The van der Waals surface area contributed by atoms with Gasteiger partial charge in [-0.3, -0.25) is 4.79 Å². The molecule has 2 aromatic heterocycles. The fraction of sp³-hybridized carbons (Fsp3) is 0.240. The predicted octanol–water partition coefficient (Wildman–Crippen LogP) is 5.34. The lowest BCUT2D eigenvalue weighted by molar-refractivity contribution is -0.137. The average Bonchev–Trinajstić information content (AvgIpc) is 3.29. The van der Waals surface area contributed by atoms with E-state index in [-0.39, 0.29) is 5.91 Å². The van der Waals surface area contributed by atoms with Crippen LogP contribution in [0.2, 0.25) is 5.02 Å². The molecule has 3 heterocycles. The van der Waals surface area contributed by atoms with Crippen molar-refractivity contribution in [3.8, 4) is 11.3 Å². The molecule has 1 fully saturated rings. The number of alkyl halides is 3. The minimum absolute atomic E-state index is 0.185. The number of carbonyl (C=O) groups is 1. The number of aromatic nitrogens is 3. The number of piperazine rings is 1. The lowest BCUT2D eigenvalue weighted by Crippen LogP contribution is -2.49. The van der Waals surface area contributed by atoms with E-state index < -0.39 is 11.7 Å². The fourth-order valence-corrected chi connectivity index (χ4v) is 4.51. The number of carbonyl (C=O) groups excluding carboxylic acids is 1. The topological polar surface area (TPSA) is 53.7 Å². The van der Waals surface area contributed by atoms with Crippen molar-refractivity contribution in [2.24, 2.45) is 0 Å². The van der Waals surface area contributed by atoms with Gasteiger partial charge in [0.1, 0.15) is 0 Å². The van der Waals surface area contributed by atoms with Crippen molar-refractivity contribution in [1.82, 2.24) is 19.5 Å². The zero-order valence-corrected chi connectivity index (χ0v) is 19.5. The molecule has 180 valence electrons. The van der Waals surface area contributed by atoms with E-state index in [1.165, 1.54) is 6.07 Å². The van der Waals surface area contributed by atoms with Gasteiger partial charge in [0.2, 0.25) is 0 Å². The number of amides is 1. The molecule has 1 aliphatic heterocycles. The number of anilines is 1. The molecule has 35 heavy (non-hydrogen) atoms. The number of aryl methyl sites for hydroxylation is 1. The van der Waals surface area contributed by atoms with Crippen LogP contribution in [0, 0.1) is 6.92 Å². The highest BCUT2D eigenvalue weighted by atomic mass is 35.5. The summed E-state index contributed by atoms with van der Waals surface area (Å²) >= 11 is 6.31. The van der Waals surface area contributed by atoms with Gasteiger partial charge < -0.3 is 9.80 Å². The molecule has 0 aliphatic carbocycles. The maximum atomic E-state index is 13.3. The van der Waals surface area contributed by atoms with Crippen molar-refractivity contribution in [3.05, 3.63) is 82.6 Å².